The van der Waals surface area contributed by atoms with Crippen LogP contribution in [-0.4, -0.2) is 56.0 Å². The molecule has 37 heavy (non-hydrogen) atoms. The molecule has 1 N–H and O–H groups in total. The highest BCUT2D eigenvalue weighted by molar-refractivity contribution is 5.94. The Bertz CT molecular complexity index is 1460. The van der Waals surface area contributed by atoms with E-state index in [1.54, 1.807) is 4.90 Å². The Kier molecular flexibility index (Phi) is 6.88. The van der Waals surface area contributed by atoms with Crippen LogP contribution in [0.25, 0.3) is 11.0 Å². The zero-order chi connectivity index (χ0) is 27.1. The number of aromatic nitrogens is 4. The molecule has 0 spiro atoms. The minimum absolute atomic E-state index is 0.119. The van der Waals surface area contributed by atoms with Gasteiger partial charge in [-0.15, -0.1) is 0 Å². The van der Waals surface area contributed by atoms with Crippen molar-refractivity contribution in [2.24, 2.45) is 0 Å². The van der Waals surface area contributed by atoms with Crippen molar-refractivity contribution < 1.29 is 27.4 Å². The molecule has 10 nitrogen and oxygen atoms in total. The normalized spacial score (nSPS) is 18.9. The lowest BCUT2D eigenvalue weighted by Gasteiger charge is -2.35. The molecule has 0 aromatic carbocycles. The van der Waals surface area contributed by atoms with Crippen molar-refractivity contribution in [1.29, 1.82) is 5.26 Å². The third-order valence-electron chi connectivity index (χ3n) is 5.76. The molecule has 4 heterocycles. The number of carbonyl (C=O) groups is 1. The number of nitrogens with zero attached hydrogens (tertiary/aromatic N) is 5. The van der Waals surface area contributed by atoms with Crippen LogP contribution in [0.5, 0.6) is 5.88 Å². The van der Waals surface area contributed by atoms with Gasteiger partial charge in [-0.1, -0.05) is 0 Å². The molecule has 3 unspecified atom stereocenters. The summed E-state index contributed by atoms with van der Waals surface area (Å²) in [7, 11) is 0. The van der Waals surface area contributed by atoms with Gasteiger partial charge in [-0.3, -0.25) is 9.59 Å². The standard InChI is InChI=1S/C24H23F3N6O4/c1-11-9-33(10-12(2)36-11)23(35)16-5-15(7-28)22(29-8-16)37-13(3)17-6-18-20(30-14(4)31-21(18)34)32-19(17)24(25,26)27/h5-6,8,11-13H,9-10H2,1-4H3,(H,30,31,32,34). The average molecular weight is 516 g/mol. The van der Waals surface area contributed by atoms with Gasteiger partial charge in [-0.2, -0.15) is 18.4 Å². The van der Waals surface area contributed by atoms with Crippen molar-refractivity contribution >= 4 is 16.9 Å². The third-order valence-corrected chi connectivity index (χ3v) is 5.76. The molecule has 3 aromatic rings. The van der Waals surface area contributed by atoms with E-state index in [0.29, 0.717) is 13.1 Å². The van der Waals surface area contributed by atoms with E-state index < -0.39 is 29.1 Å². The number of fused-ring (bicyclic) bond motifs is 1. The number of carbonyl (C=O) groups excluding carboxylic acids is 1. The maximum absolute atomic E-state index is 13.8. The van der Waals surface area contributed by atoms with Crippen molar-refractivity contribution in [2.45, 2.75) is 52.2 Å². The number of nitriles is 1. The summed E-state index contributed by atoms with van der Waals surface area (Å²) in [6.07, 6.45) is -5.30. The number of aromatic amines is 1. The zero-order valence-electron chi connectivity index (χ0n) is 20.4. The van der Waals surface area contributed by atoms with Gasteiger partial charge in [-0.05, 0) is 39.8 Å². The first-order valence-corrected chi connectivity index (χ1v) is 11.4. The summed E-state index contributed by atoms with van der Waals surface area (Å²) < 4.78 is 52.8. The molecule has 3 atom stereocenters. The fourth-order valence-electron chi connectivity index (χ4n) is 4.23. The molecule has 3 aromatic heterocycles. The Morgan fingerprint density at radius 1 is 1.27 bits per heavy atom. The van der Waals surface area contributed by atoms with Crippen LogP contribution in [0.2, 0.25) is 0 Å². The summed E-state index contributed by atoms with van der Waals surface area (Å²) >= 11 is 0. The van der Waals surface area contributed by atoms with Gasteiger partial charge < -0.3 is 19.4 Å². The Morgan fingerprint density at radius 3 is 2.57 bits per heavy atom. The number of rotatable bonds is 4. The van der Waals surface area contributed by atoms with E-state index in [2.05, 4.69) is 19.9 Å². The molecule has 1 aliphatic heterocycles. The van der Waals surface area contributed by atoms with E-state index in [9.17, 15) is 28.0 Å². The molecule has 0 radical (unpaired) electrons. The summed E-state index contributed by atoms with van der Waals surface area (Å²) in [6, 6.07) is 4.17. The van der Waals surface area contributed by atoms with Gasteiger partial charge in [-0.25, -0.2) is 15.0 Å². The fourth-order valence-corrected chi connectivity index (χ4v) is 4.23. The van der Waals surface area contributed by atoms with E-state index >= 15 is 0 Å². The fraction of sp³-hybridized carbons (Fsp3) is 0.417. The monoisotopic (exact) mass is 516 g/mol. The van der Waals surface area contributed by atoms with Crippen LogP contribution in [-0.2, 0) is 10.9 Å². The molecule has 0 bridgehead atoms. The predicted molar refractivity (Wildman–Crippen MR) is 124 cm³/mol. The Balaban J connectivity index is 1.67. The maximum atomic E-state index is 13.8. The van der Waals surface area contributed by atoms with Gasteiger partial charge in [0.2, 0.25) is 5.88 Å². The van der Waals surface area contributed by atoms with E-state index in [0.717, 1.165) is 6.07 Å². The minimum atomic E-state index is -4.87. The second-order valence-electron chi connectivity index (χ2n) is 8.86. The van der Waals surface area contributed by atoms with Gasteiger partial charge in [0.25, 0.3) is 11.5 Å². The SMILES string of the molecule is Cc1nc2nc(C(F)(F)F)c(C(C)Oc3ncc(C(=O)N4CC(C)OC(C)C4)cc3C#N)cc2c(=O)[nH]1. The second kappa shape index (κ2) is 9.78. The molecule has 1 saturated heterocycles. The Morgan fingerprint density at radius 2 is 1.95 bits per heavy atom. The lowest BCUT2D eigenvalue weighted by atomic mass is 10.1. The number of aryl methyl sites for hydroxylation is 1. The lowest BCUT2D eigenvalue weighted by molar-refractivity contribution is -0.142. The summed E-state index contributed by atoms with van der Waals surface area (Å²) in [5, 5.41) is 9.48. The van der Waals surface area contributed by atoms with Crippen LogP contribution in [0.1, 0.15) is 59.9 Å². The van der Waals surface area contributed by atoms with E-state index in [4.69, 9.17) is 9.47 Å². The molecule has 4 rings (SSSR count). The molecule has 13 heteroatoms. The smallest absolute Gasteiger partial charge is 0.433 e. The van der Waals surface area contributed by atoms with Gasteiger partial charge in [0, 0.05) is 24.8 Å². The molecular weight excluding hydrogens is 493 g/mol. The maximum Gasteiger partial charge on any atom is 0.433 e. The highest BCUT2D eigenvalue weighted by Gasteiger charge is 2.38. The van der Waals surface area contributed by atoms with E-state index in [1.807, 2.05) is 19.9 Å². The van der Waals surface area contributed by atoms with Crippen LogP contribution in [0.3, 0.4) is 0 Å². The third kappa shape index (κ3) is 5.39. The van der Waals surface area contributed by atoms with Crippen molar-refractivity contribution in [3.63, 3.8) is 0 Å². The number of morpholine rings is 1. The number of hydrogen-bond acceptors (Lipinski definition) is 8. The summed E-state index contributed by atoms with van der Waals surface area (Å²) in [4.78, 5) is 40.8. The van der Waals surface area contributed by atoms with Gasteiger partial charge in [0.05, 0.1) is 23.2 Å². The lowest BCUT2D eigenvalue weighted by Crippen LogP contribution is -2.48. The first-order chi connectivity index (χ1) is 17.4. The predicted octanol–water partition coefficient (Wildman–Crippen LogP) is 3.30. The highest BCUT2D eigenvalue weighted by Crippen LogP contribution is 2.36. The van der Waals surface area contributed by atoms with Crippen LogP contribution < -0.4 is 10.3 Å². The van der Waals surface area contributed by atoms with Gasteiger partial charge in [0.15, 0.2) is 11.3 Å². The number of pyridine rings is 2. The average Bonchev–Trinajstić information content (AvgIpc) is 2.81. The van der Waals surface area contributed by atoms with Gasteiger partial charge >= 0.3 is 6.18 Å². The number of ether oxygens (including phenoxy) is 2. The molecular formula is C24H23F3N6O4. The summed E-state index contributed by atoms with van der Waals surface area (Å²) in [6.45, 7) is 7.15. The molecule has 194 valence electrons. The number of H-pyrrole nitrogens is 1. The first kappa shape index (κ1) is 26.0. The first-order valence-electron chi connectivity index (χ1n) is 11.4. The van der Waals surface area contributed by atoms with Crippen LogP contribution in [0.15, 0.2) is 23.1 Å². The molecule has 0 aliphatic carbocycles. The van der Waals surface area contributed by atoms with Crippen LogP contribution in [0.4, 0.5) is 13.2 Å². The van der Waals surface area contributed by atoms with Crippen molar-refractivity contribution in [1.82, 2.24) is 24.8 Å². The minimum Gasteiger partial charge on any atom is -0.469 e. The molecule has 1 fully saturated rings. The number of alkyl halides is 3. The van der Waals surface area contributed by atoms with Crippen molar-refractivity contribution in [2.75, 3.05) is 13.1 Å². The number of halogens is 3. The number of hydrogen-bond donors (Lipinski definition) is 1. The largest absolute Gasteiger partial charge is 0.469 e. The number of amides is 1. The van der Waals surface area contributed by atoms with Crippen molar-refractivity contribution in [3.8, 4) is 11.9 Å². The number of nitrogens with one attached hydrogen (secondary N) is 1. The van der Waals surface area contributed by atoms with Crippen molar-refractivity contribution in [3.05, 3.63) is 56.9 Å². The summed E-state index contributed by atoms with van der Waals surface area (Å²) in [5.41, 5.74) is -2.71. The summed E-state index contributed by atoms with van der Waals surface area (Å²) in [5.74, 6) is -0.501. The quantitative estimate of drug-likeness (QED) is 0.558. The Labute approximate surface area is 209 Å². The molecule has 1 amide bonds. The Hall–Kier alpha value is -4.05. The van der Waals surface area contributed by atoms with E-state index in [-0.39, 0.29) is 52.0 Å². The second-order valence-corrected chi connectivity index (χ2v) is 8.86. The topological polar surface area (TPSA) is 134 Å². The zero-order valence-corrected chi connectivity index (χ0v) is 20.4. The van der Waals surface area contributed by atoms with Crippen LogP contribution in [0, 0.1) is 18.3 Å². The van der Waals surface area contributed by atoms with Gasteiger partial charge in [0.1, 0.15) is 23.6 Å². The highest BCUT2D eigenvalue weighted by atomic mass is 19.4. The van der Waals surface area contributed by atoms with Crippen LogP contribution >= 0.6 is 0 Å². The molecule has 1 aliphatic rings. The molecule has 0 saturated carbocycles. The van der Waals surface area contributed by atoms with E-state index in [1.165, 1.54) is 26.1 Å².